The van der Waals surface area contributed by atoms with Gasteiger partial charge in [-0.1, -0.05) is 0 Å². The summed E-state index contributed by atoms with van der Waals surface area (Å²) in [6.07, 6.45) is 3.80. The third kappa shape index (κ3) is 5.22. The van der Waals surface area contributed by atoms with Crippen LogP contribution in [-0.4, -0.2) is 43.5 Å². The Kier molecular flexibility index (Phi) is 4.50. The van der Waals surface area contributed by atoms with E-state index >= 15 is 0 Å². The van der Waals surface area contributed by atoms with Crippen molar-refractivity contribution >= 4 is 21.6 Å². The summed E-state index contributed by atoms with van der Waals surface area (Å²) in [7, 11) is -2.86. The standard InChI is InChI=1S/C10H21NO2S2/c1-9(7-15(3,12)13)11-8-10(2)5-4-6-14-10/h9,11H,4-8H2,1-3H3. The van der Waals surface area contributed by atoms with E-state index in [4.69, 9.17) is 0 Å². The maximum Gasteiger partial charge on any atom is 0.148 e. The van der Waals surface area contributed by atoms with Crippen molar-refractivity contribution < 1.29 is 8.42 Å². The minimum atomic E-state index is -2.86. The molecule has 1 fully saturated rings. The van der Waals surface area contributed by atoms with Gasteiger partial charge in [-0.2, -0.15) is 11.8 Å². The van der Waals surface area contributed by atoms with Crippen molar-refractivity contribution in [3.8, 4) is 0 Å². The quantitative estimate of drug-likeness (QED) is 0.800. The van der Waals surface area contributed by atoms with Gasteiger partial charge in [-0.25, -0.2) is 8.42 Å². The average molecular weight is 251 g/mol. The molecule has 0 radical (unpaired) electrons. The van der Waals surface area contributed by atoms with Gasteiger partial charge in [-0.3, -0.25) is 0 Å². The van der Waals surface area contributed by atoms with Crippen LogP contribution >= 0.6 is 11.8 Å². The normalized spacial score (nSPS) is 29.3. The molecule has 0 aromatic carbocycles. The van der Waals surface area contributed by atoms with Crippen LogP contribution in [0.2, 0.25) is 0 Å². The Morgan fingerprint density at radius 3 is 2.67 bits per heavy atom. The topological polar surface area (TPSA) is 46.2 Å². The molecule has 1 heterocycles. The lowest BCUT2D eigenvalue weighted by Crippen LogP contribution is -2.41. The van der Waals surface area contributed by atoms with Gasteiger partial charge in [0.2, 0.25) is 0 Å². The molecule has 2 atom stereocenters. The van der Waals surface area contributed by atoms with Gasteiger partial charge in [0, 0.05) is 23.6 Å². The third-order valence-corrected chi connectivity index (χ3v) is 5.32. The van der Waals surface area contributed by atoms with E-state index in [1.807, 2.05) is 18.7 Å². The number of hydrogen-bond acceptors (Lipinski definition) is 4. The fourth-order valence-corrected chi connectivity index (χ4v) is 4.16. The van der Waals surface area contributed by atoms with Gasteiger partial charge in [0.25, 0.3) is 0 Å². The van der Waals surface area contributed by atoms with Crippen molar-refractivity contribution in [2.45, 2.75) is 37.5 Å². The lowest BCUT2D eigenvalue weighted by Gasteiger charge is -2.25. The Hall–Kier alpha value is 0.260. The Balaban J connectivity index is 2.30. The number of nitrogens with one attached hydrogen (secondary N) is 1. The smallest absolute Gasteiger partial charge is 0.148 e. The van der Waals surface area contributed by atoms with Crippen LogP contribution in [0.1, 0.15) is 26.7 Å². The van der Waals surface area contributed by atoms with Gasteiger partial charge >= 0.3 is 0 Å². The van der Waals surface area contributed by atoms with E-state index in [0.29, 0.717) is 4.75 Å². The predicted octanol–water partition coefficient (Wildman–Crippen LogP) is 1.29. The fraction of sp³-hybridized carbons (Fsp3) is 1.00. The summed E-state index contributed by atoms with van der Waals surface area (Å²) in [4.78, 5) is 0. The molecule has 3 nitrogen and oxygen atoms in total. The zero-order valence-electron chi connectivity index (χ0n) is 9.75. The van der Waals surface area contributed by atoms with Crippen molar-refractivity contribution in [1.29, 1.82) is 0 Å². The number of hydrogen-bond donors (Lipinski definition) is 1. The van der Waals surface area contributed by atoms with Gasteiger partial charge in [-0.05, 0) is 32.4 Å². The first-order chi connectivity index (χ1) is 6.81. The molecule has 1 rings (SSSR count). The van der Waals surface area contributed by atoms with E-state index in [-0.39, 0.29) is 11.8 Å². The second-order valence-electron chi connectivity index (χ2n) is 4.78. The lowest BCUT2D eigenvalue weighted by atomic mass is 10.1. The van der Waals surface area contributed by atoms with Crippen LogP contribution in [0.5, 0.6) is 0 Å². The van der Waals surface area contributed by atoms with Crippen LogP contribution < -0.4 is 5.32 Å². The summed E-state index contributed by atoms with van der Waals surface area (Å²) in [5.41, 5.74) is 0. The second kappa shape index (κ2) is 5.06. The van der Waals surface area contributed by atoms with E-state index in [2.05, 4.69) is 12.2 Å². The summed E-state index contributed by atoms with van der Waals surface area (Å²) in [6.45, 7) is 5.10. The zero-order valence-corrected chi connectivity index (χ0v) is 11.4. The molecule has 5 heteroatoms. The van der Waals surface area contributed by atoms with E-state index in [1.54, 1.807) is 0 Å². The molecule has 0 spiro atoms. The van der Waals surface area contributed by atoms with Crippen LogP contribution in [0.3, 0.4) is 0 Å². The van der Waals surface area contributed by atoms with Gasteiger partial charge in [-0.15, -0.1) is 0 Å². The molecule has 0 saturated carbocycles. The van der Waals surface area contributed by atoms with Crippen LogP contribution in [0.15, 0.2) is 0 Å². The molecule has 1 aliphatic heterocycles. The number of sulfone groups is 1. The van der Waals surface area contributed by atoms with Crippen LogP contribution in [0, 0.1) is 0 Å². The Morgan fingerprint density at radius 2 is 2.20 bits per heavy atom. The largest absolute Gasteiger partial charge is 0.312 e. The summed E-state index contributed by atoms with van der Waals surface area (Å²) < 4.78 is 22.5. The molecule has 2 unspecified atom stereocenters. The minimum absolute atomic E-state index is 0.0537. The first kappa shape index (κ1) is 13.3. The molecular formula is C10H21NO2S2. The monoisotopic (exact) mass is 251 g/mol. The van der Waals surface area contributed by atoms with E-state index < -0.39 is 9.84 Å². The molecule has 1 saturated heterocycles. The molecular weight excluding hydrogens is 230 g/mol. The molecule has 0 amide bonds. The molecule has 0 aromatic heterocycles. The summed E-state index contributed by atoms with van der Waals surface area (Å²) in [5.74, 6) is 1.46. The Bertz CT molecular complexity index is 295. The molecule has 0 aromatic rings. The third-order valence-electron chi connectivity index (χ3n) is 2.68. The van der Waals surface area contributed by atoms with E-state index in [1.165, 1.54) is 24.9 Å². The summed E-state index contributed by atoms with van der Waals surface area (Å²) in [5, 5.41) is 3.32. The maximum absolute atomic E-state index is 11.1. The fourth-order valence-electron chi connectivity index (χ4n) is 1.88. The average Bonchev–Trinajstić information content (AvgIpc) is 2.47. The van der Waals surface area contributed by atoms with E-state index in [9.17, 15) is 8.42 Å². The van der Waals surface area contributed by atoms with Crippen molar-refractivity contribution in [3.63, 3.8) is 0 Å². The Labute approximate surface area is 97.3 Å². The molecule has 0 aliphatic carbocycles. The van der Waals surface area contributed by atoms with Crippen molar-refractivity contribution in [1.82, 2.24) is 5.32 Å². The SMILES string of the molecule is CC(CS(C)(=O)=O)NCC1(C)CCCS1. The first-order valence-electron chi connectivity index (χ1n) is 5.36. The van der Waals surface area contributed by atoms with Gasteiger partial charge in [0.15, 0.2) is 0 Å². The van der Waals surface area contributed by atoms with Crippen molar-refractivity contribution in [2.75, 3.05) is 24.3 Å². The molecule has 1 N–H and O–H groups in total. The predicted molar refractivity (Wildman–Crippen MR) is 67.3 cm³/mol. The Morgan fingerprint density at radius 1 is 1.53 bits per heavy atom. The second-order valence-corrected chi connectivity index (χ2v) is 8.64. The molecule has 15 heavy (non-hydrogen) atoms. The molecule has 90 valence electrons. The number of rotatable bonds is 5. The van der Waals surface area contributed by atoms with Gasteiger partial charge in [0.05, 0.1) is 5.75 Å². The highest BCUT2D eigenvalue weighted by Gasteiger charge is 2.29. The van der Waals surface area contributed by atoms with Gasteiger partial charge in [0.1, 0.15) is 9.84 Å². The summed E-state index contributed by atoms with van der Waals surface area (Å²) >= 11 is 1.99. The maximum atomic E-state index is 11.1. The minimum Gasteiger partial charge on any atom is -0.312 e. The molecule has 0 bridgehead atoms. The van der Waals surface area contributed by atoms with Crippen molar-refractivity contribution in [2.24, 2.45) is 0 Å². The van der Waals surface area contributed by atoms with Crippen LogP contribution in [-0.2, 0) is 9.84 Å². The van der Waals surface area contributed by atoms with Crippen LogP contribution in [0.25, 0.3) is 0 Å². The number of thioether (sulfide) groups is 1. The highest BCUT2D eigenvalue weighted by molar-refractivity contribution is 8.00. The van der Waals surface area contributed by atoms with Crippen molar-refractivity contribution in [3.05, 3.63) is 0 Å². The summed E-state index contributed by atoms with van der Waals surface area (Å²) in [6, 6.07) is 0.0537. The first-order valence-corrected chi connectivity index (χ1v) is 8.40. The van der Waals surface area contributed by atoms with Crippen LogP contribution in [0.4, 0.5) is 0 Å². The molecule has 1 aliphatic rings. The van der Waals surface area contributed by atoms with E-state index in [0.717, 1.165) is 6.54 Å². The van der Waals surface area contributed by atoms with Gasteiger partial charge < -0.3 is 5.32 Å². The highest BCUT2D eigenvalue weighted by atomic mass is 32.2. The highest BCUT2D eigenvalue weighted by Crippen LogP contribution is 2.36. The zero-order chi connectivity index (χ0) is 11.5. The lowest BCUT2D eigenvalue weighted by molar-refractivity contribution is 0.495.